The molecule has 0 aliphatic carbocycles. The fourth-order valence-corrected chi connectivity index (χ4v) is 5.56. The van der Waals surface area contributed by atoms with E-state index in [0.717, 1.165) is 16.5 Å². The SMILES string of the molecule is O=C(Nc1ccc(-n2cnnn2)cc1)C1CCN(S(=O)(=O)c2ccc3ccccc3c2)CC1. The van der Waals surface area contributed by atoms with Gasteiger partial charge in [-0.2, -0.15) is 4.31 Å². The highest BCUT2D eigenvalue weighted by Crippen LogP contribution is 2.27. The second-order valence-corrected chi connectivity index (χ2v) is 9.92. The molecule has 168 valence electrons. The van der Waals surface area contributed by atoms with Crippen LogP contribution in [0, 0.1) is 5.92 Å². The Morgan fingerprint density at radius 1 is 0.939 bits per heavy atom. The predicted molar refractivity (Wildman–Crippen MR) is 123 cm³/mol. The molecule has 0 spiro atoms. The first-order chi connectivity index (χ1) is 16.0. The van der Waals surface area contributed by atoms with Gasteiger partial charge in [-0.3, -0.25) is 4.79 Å². The van der Waals surface area contributed by atoms with Gasteiger partial charge in [0.1, 0.15) is 6.33 Å². The largest absolute Gasteiger partial charge is 0.326 e. The minimum Gasteiger partial charge on any atom is -0.326 e. The van der Waals surface area contributed by atoms with Gasteiger partial charge in [-0.05, 0) is 70.4 Å². The first-order valence-electron chi connectivity index (χ1n) is 10.6. The van der Waals surface area contributed by atoms with Gasteiger partial charge in [-0.1, -0.05) is 30.3 Å². The number of carbonyl (C=O) groups is 1. The third-order valence-corrected chi connectivity index (χ3v) is 7.83. The third kappa shape index (κ3) is 4.35. The summed E-state index contributed by atoms with van der Waals surface area (Å²) in [5, 5.41) is 15.8. The highest BCUT2D eigenvalue weighted by atomic mass is 32.2. The highest BCUT2D eigenvalue weighted by molar-refractivity contribution is 7.89. The lowest BCUT2D eigenvalue weighted by Crippen LogP contribution is -2.41. The van der Waals surface area contributed by atoms with Gasteiger partial charge >= 0.3 is 0 Å². The van der Waals surface area contributed by atoms with E-state index < -0.39 is 10.0 Å². The van der Waals surface area contributed by atoms with Crippen LogP contribution < -0.4 is 5.32 Å². The van der Waals surface area contributed by atoms with Crippen LogP contribution >= 0.6 is 0 Å². The van der Waals surface area contributed by atoms with Gasteiger partial charge in [0.05, 0.1) is 10.6 Å². The number of nitrogens with one attached hydrogen (secondary N) is 1. The average Bonchev–Trinajstić information content (AvgIpc) is 3.39. The molecular weight excluding hydrogens is 440 g/mol. The molecule has 9 nitrogen and oxygen atoms in total. The van der Waals surface area contributed by atoms with Gasteiger partial charge in [-0.25, -0.2) is 13.1 Å². The molecule has 1 fully saturated rings. The number of fused-ring (bicyclic) bond motifs is 1. The first-order valence-corrected chi connectivity index (χ1v) is 12.1. The Kier molecular flexibility index (Phi) is 5.61. The topological polar surface area (TPSA) is 110 Å². The molecule has 1 saturated heterocycles. The van der Waals surface area contributed by atoms with Crippen molar-refractivity contribution in [3.8, 4) is 5.69 Å². The molecule has 1 N–H and O–H groups in total. The zero-order chi connectivity index (χ0) is 22.8. The van der Waals surface area contributed by atoms with Crippen LogP contribution in [0.1, 0.15) is 12.8 Å². The van der Waals surface area contributed by atoms with Crippen molar-refractivity contribution in [2.75, 3.05) is 18.4 Å². The number of benzene rings is 3. The van der Waals surface area contributed by atoms with Crippen LogP contribution in [-0.4, -0.2) is 51.9 Å². The highest BCUT2D eigenvalue weighted by Gasteiger charge is 2.32. The number of aromatic nitrogens is 4. The average molecular weight is 463 g/mol. The van der Waals surface area contributed by atoms with E-state index in [4.69, 9.17) is 0 Å². The fourth-order valence-electron chi connectivity index (χ4n) is 4.06. The van der Waals surface area contributed by atoms with Crippen molar-refractivity contribution in [1.29, 1.82) is 0 Å². The summed E-state index contributed by atoms with van der Waals surface area (Å²) < 4.78 is 29.3. The molecule has 1 aliphatic rings. The van der Waals surface area contributed by atoms with Crippen molar-refractivity contribution in [3.63, 3.8) is 0 Å². The Bertz CT molecular complexity index is 1380. The number of amides is 1. The van der Waals surface area contributed by atoms with E-state index in [0.29, 0.717) is 31.6 Å². The van der Waals surface area contributed by atoms with Crippen molar-refractivity contribution >= 4 is 32.4 Å². The number of anilines is 1. The van der Waals surface area contributed by atoms with Gasteiger partial charge in [0.2, 0.25) is 15.9 Å². The molecule has 1 aromatic heterocycles. The molecule has 0 bridgehead atoms. The summed E-state index contributed by atoms with van der Waals surface area (Å²) in [6.07, 6.45) is 2.44. The Balaban J connectivity index is 1.21. The standard InChI is InChI=1S/C23H22N6O3S/c30-23(25-20-6-8-21(9-7-20)29-16-24-26-27-29)18-11-13-28(14-12-18)33(31,32)22-10-5-17-3-1-2-4-19(17)15-22/h1-10,15-16,18H,11-14H2,(H,25,30). The van der Waals surface area contributed by atoms with Crippen LogP contribution in [0.15, 0.2) is 78.0 Å². The van der Waals surface area contributed by atoms with Crippen molar-refractivity contribution in [1.82, 2.24) is 24.5 Å². The Hall–Kier alpha value is -3.63. The zero-order valence-corrected chi connectivity index (χ0v) is 18.5. The third-order valence-electron chi connectivity index (χ3n) is 5.93. The van der Waals surface area contributed by atoms with E-state index in [1.165, 1.54) is 15.3 Å². The van der Waals surface area contributed by atoms with Crippen LogP contribution in [0.3, 0.4) is 0 Å². The molecule has 10 heteroatoms. The molecule has 2 heterocycles. The van der Waals surface area contributed by atoms with E-state index in [2.05, 4.69) is 20.8 Å². The van der Waals surface area contributed by atoms with E-state index in [1.54, 1.807) is 24.3 Å². The van der Waals surface area contributed by atoms with E-state index >= 15 is 0 Å². The maximum atomic E-state index is 13.1. The number of nitrogens with zero attached hydrogens (tertiary/aromatic N) is 5. The van der Waals surface area contributed by atoms with Crippen LogP contribution in [0.5, 0.6) is 0 Å². The van der Waals surface area contributed by atoms with E-state index in [-0.39, 0.29) is 16.7 Å². The van der Waals surface area contributed by atoms with Gasteiger partial charge in [0, 0.05) is 24.7 Å². The summed E-state index contributed by atoms with van der Waals surface area (Å²) in [6, 6.07) is 20.1. The molecule has 4 aromatic rings. The van der Waals surface area contributed by atoms with Crippen LogP contribution in [0.4, 0.5) is 5.69 Å². The lowest BCUT2D eigenvalue weighted by Gasteiger charge is -2.30. The molecule has 1 aliphatic heterocycles. The number of carbonyl (C=O) groups excluding carboxylic acids is 1. The van der Waals surface area contributed by atoms with Crippen molar-refractivity contribution in [2.45, 2.75) is 17.7 Å². The zero-order valence-electron chi connectivity index (χ0n) is 17.7. The first kappa shape index (κ1) is 21.2. The van der Waals surface area contributed by atoms with Gasteiger partial charge in [-0.15, -0.1) is 5.10 Å². The summed E-state index contributed by atoms with van der Waals surface area (Å²) in [5.41, 5.74) is 1.45. The van der Waals surface area contributed by atoms with E-state index in [1.807, 2.05) is 42.5 Å². The number of hydrogen-bond donors (Lipinski definition) is 1. The second-order valence-electron chi connectivity index (χ2n) is 7.98. The quantitative estimate of drug-likeness (QED) is 0.488. The van der Waals surface area contributed by atoms with Crippen LogP contribution in [-0.2, 0) is 14.8 Å². The molecule has 0 saturated carbocycles. The summed E-state index contributed by atoms with van der Waals surface area (Å²) in [7, 11) is -3.60. The number of tetrazole rings is 1. The van der Waals surface area contributed by atoms with Gasteiger partial charge in [0.25, 0.3) is 0 Å². The molecule has 5 rings (SSSR count). The molecule has 0 radical (unpaired) electrons. The van der Waals surface area contributed by atoms with Gasteiger partial charge < -0.3 is 5.32 Å². The molecule has 0 atom stereocenters. The van der Waals surface area contributed by atoms with Crippen molar-refractivity contribution in [2.24, 2.45) is 5.92 Å². The van der Waals surface area contributed by atoms with E-state index in [9.17, 15) is 13.2 Å². The molecule has 3 aromatic carbocycles. The van der Waals surface area contributed by atoms with Crippen molar-refractivity contribution < 1.29 is 13.2 Å². The van der Waals surface area contributed by atoms with Gasteiger partial charge in [0.15, 0.2) is 0 Å². The Labute approximate surface area is 191 Å². The lowest BCUT2D eigenvalue weighted by molar-refractivity contribution is -0.120. The minimum absolute atomic E-state index is 0.104. The number of piperidine rings is 1. The maximum absolute atomic E-state index is 13.1. The monoisotopic (exact) mass is 462 g/mol. The van der Waals surface area contributed by atoms with Crippen LogP contribution in [0.2, 0.25) is 0 Å². The molecular formula is C23H22N6O3S. The lowest BCUT2D eigenvalue weighted by atomic mass is 9.97. The van der Waals surface area contributed by atoms with Crippen LogP contribution in [0.25, 0.3) is 16.5 Å². The summed E-state index contributed by atoms with van der Waals surface area (Å²) in [6.45, 7) is 0.622. The second kappa shape index (κ2) is 8.72. The number of rotatable bonds is 5. The predicted octanol–water partition coefficient (Wildman–Crippen LogP) is 2.85. The normalized spacial score (nSPS) is 15.5. The number of sulfonamides is 1. The maximum Gasteiger partial charge on any atom is 0.243 e. The molecule has 33 heavy (non-hydrogen) atoms. The summed E-state index contributed by atoms with van der Waals surface area (Å²) in [5.74, 6) is -0.347. The fraction of sp³-hybridized carbons (Fsp3) is 0.217. The summed E-state index contributed by atoms with van der Waals surface area (Å²) in [4.78, 5) is 13.0. The Morgan fingerprint density at radius 2 is 1.67 bits per heavy atom. The van der Waals surface area contributed by atoms with Crippen molar-refractivity contribution in [3.05, 3.63) is 73.1 Å². The Morgan fingerprint density at radius 3 is 2.36 bits per heavy atom. The molecule has 1 amide bonds. The minimum atomic E-state index is -3.60. The smallest absolute Gasteiger partial charge is 0.243 e. The summed E-state index contributed by atoms with van der Waals surface area (Å²) >= 11 is 0. The number of hydrogen-bond acceptors (Lipinski definition) is 6. The molecule has 0 unspecified atom stereocenters.